The molecular formula is C12H15Cl3F4N2. The van der Waals surface area contributed by atoms with E-state index in [2.05, 4.69) is 5.32 Å². The van der Waals surface area contributed by atoms with Crippen LogP contribution in [0.3, 0.4) is 0 Å². The minimum Gasteiger partial charge on any atom is -0.314 e. The van der Waals surface area contributed by atoms with E-state index >= 15 is 0 Å². The molecule has 0 saturated carbocycles. The van der Waals surface area contributed by atoms with Gasteiger partial charge in [-0.2, -0.15) is 13.2 Å². The topological polar surface area (TPSA) is 15.3 Å². The molecule has 1 N–H and O–H groups in total. The summed E-state index contributed by atoms with van der Waals surface area (Å²) in [6, 6.07) is 1.58. The third kappa shape index (κ3) is 4.86. The lowest BCUT2D eigenvalue weighted by molar-refractivity contribution is -0.188. The van der Waals surface area contributed by atoms with Crippen molar-refractivity contribution in [2.75, 3.05) is 26.2 Å². The van der Waals surface area contributed by atoms with E-state index in [-0.39, 0.29) is 42.9 Å². The molecule has 21 heavy (non-hydrogen) atoms. The van der Waals surface area contributed by atoms with Crippen molar-refractivity contribution in [2.45, 2.75) is 12.2 Å². The van der Waals surface area contributed by atoms with Gasteiger partial charge in [0, 0.05) is 36.8 Å². The summed E-state index contributed by atoms with van der Waals surface area (Å²) in [5.74, 6) is -0.923. The zero-order valence-corrected chi connectivity index (χ0v) is 13.2. The maximum Gasteiger partial charge on any atom is 0.408 e. The van der Waals surface area contributed by atoms with Gasteiger partial charge in [0.15, 0.2) is 0 Å². The van der Waals surface area contributed by atoms with Crippen LogP contribution in [-0.2, 0) is 0 Å². The molecule has 1 heterocycles. The zero-order chi connectivity index (χ0) is 14.0. The summed E-state index contributed by atoms with van der Waals surface area (Å²) in [7, 11) is 0. The number of rotatable bonds is 2. The van der Waals surface area contributed by atoms with Crippen molar-refractivity contribution in [3.8, 4) is 0 Å². The highest BCUT2D eigenvalue weighted by atomic mass is 35.5. The maximum absolute atomic E-state index is 13.8. The number of nitrogens with zero attached hydrogens (tertiary/aromatic N) is 1. The van der Waals surface area contributed by atoms with Crippen LogP contribution in [0.25, 0.3) is 0 Å². The first-order valence-corrected chi connectivity index (χ1v) is 6.24. The molecule has 0 amide bonds. The van der Waals surface area contributed by atoms with E-state index in [0.717, 1.165) is 6.07 Å². The van der Waals surface area contributed by atoms with Gasteiger partial charge < -0.3 is 5.32 Å². The highest BCUT2D eigenvalue weighted by Crippen LogP contribution is 2.41. The fraction of sp³-hybridized carbons (Fsp3) is 0.500. The molecule has 1 atom stereocenters. The third-order valence-corrected chi connectivity index (χ3v) is 3.43. The first-order valence-electron chi connectivity index (χ1n) is 5.86. The first-order chi connectivity index (χ1) is 8.91. The van der Waals surface area contributed by atoms with Crippen molar-refractivity contribution >= 4 is 36.4 Å². The van der Waals surface area contributed by atoms with E-state index in [1.54, 1.807) is 0 Å². The molecule has 1 aromatic carbocycles. The minimum absolute atomic E-state index is 0. The second-order valence-corrected chi connectivity index (χ2v) is 4.77. The van der Waals surface area contributed by atoms with Crippen molar-refractivity contribution in [1.29, 1.82) is 0 Å². The van der Waals surface area contributed by atoms with E-state index in [1.807, 2.05) is 0 Å². The lowest BCUT2D eigenvalue weighted by Gasteiger charge is -2.36. The van der Waals surface area contributed by atoms with E-state index in [1.165, 1.54) is 17.0 Å². The SMILES string of the molecule is Cl.Cl.Fc1cccc(Cl)c1[C@@H](N1CCNCC1)C(F)(F)F. The maximum atomic E-state index is 13.8. The molecule has 1 aliphatic rings. The molecule has 0 unspecified atom stereocenters. The number of piperazine rings is 1. The Morgan fingerprint density at radius 1 is 1.14 bits per heavy atom. The van der Waals surface area contributed by atoms with Gasteiger partial charge in [0.1, 0.15) is 11.9 Å². The molecule has 122 valence electrons. The number of hydrogen-bond acceptors (Lipinski definition) is 2. The highest BCUT2D eigenvalue weighted by molar-refractivity contribution is 6.31. The van der Waals surface area contributed by atoms with Crippen LogP contribution in [0, 0.1) is 5.82 Å². The fourth-order valence-corrected chi connectivity index (χ4v) is 2.53. The molecule has 1 aromatic rings. The Bertz CT molecular complexity index is 430. The third-order valence-electron chi connectivity index (χ3n) is 3.10. The van der Waals surface area contributed by atoms with Crippen molar-refractivity contribution in [2.24, 2.45) is 0 Å². The van der Waals surface area contributed by atoms with Crippen LogP contribution in [0.5, 0.6) is 0 Å². The van der Waals surface area contributed by atoms with E-state index in [9.17, 15) is 17.6 Å². The van der Waals surface area contributed by atoms with Crippen LogP contribution in [-0.4, -0.2) is 37.3 Å². The van der Waals surface area contributed by atoms with E-state index in [0.29, 0.717) is 13.1 Å². The number of hydrogen-bond donors (Lipinski definition) is 1. The molecule has 2 rings (SSSR count). The normalized spacial score (nSPS) is 17.6. The van der Waals surface area contributed by atoms with Crippen molar-refractivity contribution in [3.63, 3.8) is 0 Å². The van der Waals surface area contributed by atoms with E-state index in [4.69, 9.17) is 11.6 Å². The lowest BCUT2D eigenvalue weighted by atomic mass is 10.0. The molecule has 0 bridgehead atoms. The van der Waals surface area contributed by atoms with Crippen LogP contribution in [0.1, 0.15) is 11.6 Å². The molecule has 0 aromatic heterocycles. The van der Waals surface area contributed by atoms with Crippen LogP contribution < -0.4 is 5.32 Å². The van der Waals surface area contributed by atoms with Gasteiger partial charge in [-0.1, -0.05) is 17.7 Å². The monoisotopic (exact) mass is 368 g/mol. The predicted molar refractivity (Wildman–Crippen MR) is 79.1 cm³/mol. The molecular weight excluding hydrogens is 354 g/mol. The Morgan fingerprint density at radius 2 is 1.71 bits per heavy atom. The largest absolute Gasteiger partial charge is 0.408 e. The number of alkyl halides is 3. The van der Waals surface area contributed by atoms with Crippen LogP contribution >= 0.6 is 36.4 Å². The van der Waals surface area contributed by atoms with Crippen LogP contribution in [0.15, 0.2) is 18.2 Å². The average molecular weight is 370 g/mol. The molecule has 1 aliphatic heterocycles. The smallest absolute Gasteiger partial charge is 0.314 e. The van der Waals surface area contributed by atoms with E-state index < -0.39 is 23.6 Å². The van der Waals surface area contributed by atoms with Crippen LogP contribution in [0.2, 0.25) is 5.02 Å². The highest BCUT2D eigenvalue weighted by Gasteiger charge is 2.47. The van der Waals surface area contributed by atoms with Gasteiger partial charge in [-0.25, -0.2) is 4.39 Å². The van der Waals surface area contributed by atoms with Gasteiger partial charge in [-0.05, 0) is 12.1 Å². The molecule has 0 radical (unpaired) electrons. The fourth-order valence-electron chi connectivity index (χ4n) is 2.27. The predicted octanol–water partition coefficient (Wildman–Crippen LogP) is 3.83. The van der Waals surface area contributed by atoms with Gasteiger partial charge in [-0.3, -0.25) is 4.90 Å². The number of nitrogens with one attached hydrogen (secondary N) is 1. The standard InChI is InChI=1S/C12H13ClF4N2.2ClH/c13-8-2-1-3-9(14)10(8)11(12(15,16)17)19-6-4-18-5-7-19;;/h1-3,11,18H,4-7H2;2*1H/t11-;;/m1../s1. The average Bonchev–Trinajstić information content (AvgIpc) is 2.33. The summed E-state index contributed by atoms with van der Waals surface area (Å²) >= 11 is 5.77. The molecule has 9 heteroatoms. The molecule has 1 fully saturated rings. The van der Waals surface area contributed by atoms with Crippen molar-refractivity contribution in [3.05, 3.63) is 34.6 Å². The number of halogens is 7. The lowest BCUT2D eigenvalue weighted by Crippen LogP contribution is -2.49. The quantitative estimate of drug-likeness (QED) is 0.797. The second kappa shape index (κ2) is 8.39. The summed E-state index contributed by atoms with van der Waals surface area (Å²) in [6.45, 7) is 1.29. The first kappa shape index (κ1) is 20.7. The van der Waals surface area contributed by atoms with Crippen molar-refractivity contribution in [1.82, 2.24) is 10.2 Å². The van der Waals surface area contributed by atoms with Gasteiger partial charge in [0.25, 0.3) is 0 Å². The van der Waals surface area contributed by atoms with Gasteiger partial charge >= 0.3 is 6.18 Å². The molecule has 2 nitrogen and oxygen atoms in total. The minimum atomic E-state index is -4.57. The Morgan fingerprint density at radius 3 is 2.19 bits per heavy atom. The summed E-state index contributed by atoms with van der Waals surface area (Å²) in [5, 5.41) is 2.77. The van der Waals surface area contributed by atoms with Crippen LogP contribution in [0.4, 0.5) is 17.6 Å². The Labute approximate surface area is 137 Å². The Kier molecular flexibility index (Phi) is 8.28. The summed E-state index contributed by atoms with van der Waals surface area (Å²) in [4.78, 5) is 1.21. The summed E-state index contributed by atoms with van der Waals surface area (Å²) < 4.78 is 53.5. The Balaban J connectivity index is 0.00000200. The van der Waals surface area contributed by atoms with Gasteiger partial charge in [-0.15, -0.1) is 24.8 Å². The van der Waals surface area contributed by atoms with Gasteiger partial charge in [0.05, 0.1) is 0 Å². The van der Waals surface area contributed by atoms with Gasteiger partial charge in [0.2, 0.25) is 0 Å². The molecule has 0 aliphatic carbocycles. The molecule has 0 spiro atoms. The zero-order valence-electron chi connectivity index (χ0n) is 10.8. The van der Waals surface area contributed by atoms with Crippen molar-refractivity contribution < 1.29 is 17.6 Å². The second-order valence-electron chi connectivity index (χ2n) is 4.37. The Hall–Kier alpha value is -0.270. The number of benzene rings is 1. The summed E-state index contributed by atoms with van der Waals surface area (Å²) in [5.41, 5.74) is -0.487. The molecule has 1 saturated heterocycles. The summed E-state index contributed by atoms with van der Waals surface area (Å²) in [6.07, 6.45) is -4.57.